The zero-order valence-electron chi connectivity index (χ0n) is 13.2. The molecule has 5 nitrogen and oxygen atoms in total. The van der Waals surface area contributed by atoms with Crippen molar-refractivity contribution in [2.75, 3.05) is 26.1 Å². The van der Waals surface area contributed by atoms with Crippen LogP contribution in [-0.4, -0.2) is 30.7 Å². The molecular weight excluding hydrogens is 366 g/mol. The summed E-state index contributed by atoms with van der Waals surface area (Å²) < 4.78 is 63.4. The van der Waals surface area contributed by atoms with Crippen molar-refractivity contribution >= 4 is 17.4 Å². The van der Waals surface area contributed by atoms with E-state index in [2.05, 4.69) is 15.3 Å². The lowest BCUT2D eigenvalue weighted by Gasteiger charge is -2.21. The molecule has 0 aliphatic heterocycles. The van der Waals surface area contributed by atoms with E-state index in [1.807, 2.05) is 0 Å². The molecule has 0 spiro atoms. The van der Waals surface area contributed by atoms with Crippen LogP contribution in [-0.2, 0) is 10.9 Å². The molecular formula is C15H14ClF4N3O2. The maximum Gasteiger partial charge on any atom is 0.416 e. The molecule has 1 N–H and O–H groups in total. The molecule has 136 valence electrons. The zero-order chi connectivity index (χ0) is 18.6. The van der Waals surface area contributed by atoms with E-state index in [0.29, 0.717) is 6.07 Å². The Morgan fingerprint density at radius 2 is 2.04 bits per heavy atom. The molecule has 1 heterocycles. The molecule has 1 aromatic heterocycles. The van der Waals surface area contributed by atoms with Crippen LogP contribution in [0.25, 0.3) is 0 Å². The summed E-state index contributed by atoms with van der Waals surface area (Å²) in [6, 6.07) is 2.19. The summed E-state index contributed by atoms with van der Waals surface area (Å²) in [6.07, 6.45) is -4.54. The van der Waals surface area contributed by atoms with Crippen molar-refractivity contribution in [3.05, 3.63) is 46.6 Å². The molecule has 0 fully saturated rings. The van der Waals surface area contributed by atoms with E-state index in [1.54, 1.807) is 7.05 Å². The van der Waals surface area contributed by atoms with E-state index in [0.717, 1.165) is 12.1 Å². The number of benzene rings is 1. The second-order valence-corrected chi connectivity index (χ2v) is 5.20. The van der Waals surface area contributed by atoms with Crippen molar-refractivity contribution in [2.24, 2.45) is 0 Å². The van der Waals surface area contributed by atoms with Crippen LogP contribution in [0.2, 0.25) is 5.28 Å². The van der Waals surface area contributed by atoms with E-state index in [-0.39, 0.29) is 29.0 Å². The Bertz CT molecular complexity index is 743. The Morgan fingerprint density at radius 1 is 1.32 bits per heavy atom. The molecule has 0 radical (unpaired) electrons. The second-order valence-electron chi connectivity index (χ2n) is 4.87. The number of rotatable bonds is 6. The lowest BCUT2D eigenvalue weighted by molar-refractivity contribution is -0.139. The lowest BCUT2D eigenvalue weighted by Crippen LogP contribution is -2.19. The Hall–Kier alpha value is -2.13. The molecule has 0 bridgehead atoms. The molecule has 0 aliphatic rings. The van der Waals surface area contributed by atoms with E-state index in [1.165, 1.54) is 13.3 Å². The predicted molar refractivity (Wildman–Crippen MR) is 83.2 cm³/mol. The fourth-order valence-electron chi connectivity index (χ4n) is 2.14. The van der Waals surface area contributed by atoms with Crippen molar-refractivity contribution in [1.82, 2.24) is 9.97 Å². The zero-order valence-corrected chi connectivity index (χ0v) is 14.0. The molecule has 0 aliphatic carbocycles. The number of nitrogens with zero attached hydrogens (tertiary/aromatic N) is 2. The van der Waals surface area contributed by atoms with Gasteiger partial charge in [-0.25, -0.2) is 9.37 Å². The van der Waals surface area contributed by atoms with Gasteiger partial charge in [0.05, 0.1) is 11.8 Å². The van der Waals surface area contributed by atoms with Crippen LogP contribution in [0.5, 0.6) is 5.75 Å². The number of ether oxygens (including phenoxy) is 2. The van der Waals surface area contributed by atoms with Crippen LogP contribution >= 0.6 is 11.6 Å². The van der Waals surface area contributed by atoms with Gasteiger partial charge in [-0.15, -0.1) is 0 Å². The highest BCUT2D eigenvalue weighted by Crippen LogP contribution is 2.36. The third-order valence-electron chi connectivity index (χ3n) is 3.30. The van der Waals surface area contributed by atoms with Gasteiger partial charge in [-0.2, -0.15) is 18.2 Å². The van der Waals surface area contributed by atoms with Gasteiger partial charge in [0.1, 0.15) is 18.5 Å². The average Bonchev–Trinajstić information content (AvgIpc) is 2.55. The monoisotopic (exact) mass is 379 g/mol. The summed E-state index contributed by atoms with van der Waals surface area (Å²) in [4.78, 5) is 7.62. The van der Waals surface area contributed by atoms with Crippen molar-refractivity contribution in [3.8, 4) is 5.75 Å². The van der Waals surface area contributed by atoms with Gasteiger partial charge in [0.25, 0.3) is 0 Å². The van der Waals surface area contributed by atoms with Crippen LogP contribution in [0.15, 0.2) is 24.4 Å². The third kappa shape index (κ3) is 4.70. The Morgan fingerprint density at radius 3 is 2.64 bits per heavy atom. The first-order chi connectivity index (χ1) is 11.8. The molecule has 25 heavy (non-hydrogen) atoms. The van der Waals surface area contributed by atoms with Gasteiger partial charge >= 0.3 is 6.18 Å². The first-order valence-electron chi connectivity index (χ1n) is 6.98. The Labute approximate surface area is 145 Å². The number of hydrogen-bond donors (Lipinski definition) is 1. The maximum atomic E-state index is 13.4. The SMILES string of the molecule is CNc1nc(Cl)ncc1OCC(OC)c1cc(F)ccc1C(F)(F)F. The van der Waals surface area contributed by atoms with E-state index < -0.39 is 23.7 Å². The fourth-order valence-corrected chi connectivity index (χ4v) is 2.28. The molecule has 1 aromatic carbocycles. The first-order valence-corrected chi connectivity index (χ1v) is 7.36. The highest BCUT2D eigenvalue weighted by Gasteiger charge is 2.35. The normalized spacial score (nSPS) is 12.8. The first kappa shape index (κ1) is 19.2. The maximum absolute atomic E-state index is 13.4. The topological polar surface area (TPSA) is 56.3 Å². The van der Waals surface area contributed by atoms with Crippen LogP contribution in [0.1, 0.15) is 17.2 Å². The smallest absolute Gasteiger partial charge is 0.416 e. The van der Waals surface area contributed by atoms with E-state index in [4.69, 9.17) is 21.1 Å². The number of nitrogens with one attached hydrogen (secondary N) is 1. The Kier molecular flexibility index (Phi) is 6.02. The average molecular weight is 380 g/mol. The molecule has 2 aromatic rings. The minimum absolute atomic E-state index is 0.0236. The van der Waals surface area contributed by atoms with Gasteiger partial charge in [0.2, 0.25) is 5.28 Å². The molecule has 2 rings (SSSR count). The summed E-state index contributed by atoms with van der Waals surface area (Å²) in [5.41, 5.74) is -1.36. The van der Waals surface area contributed by atoms with E-state index in [9.17, 15) is 17.6 Å². The quantitative estimate of drug-likeness (QED) is 0.605. The minimum atomic E-state index is -4.65. The van der Waals surface area contributed by atoms with Gasteiger partial charge in [-0.1, -0.05) is 0 Å². The predicted octanol–water partition coefficient (Wildman–Crippen LogP) is 4.10. The van der Waals surface area contributed by atoms with Crippen molar-refractivity contribution in [2.45, 2.75) is 12.3 Å². The Balaban J connectivity index is 2.28. The third-order valence-corrected chi connectivity index (χ3v) is 3.49. The largest absolute Gasteiger partial charge is 0.485 e. The number of anilines is 1. The number of methoxy groups -OCH3 is 1. The van der Waals surface area contributed by atoms with Gasteiger partial charge in [-0.3, -0.25) is 0 Å². The lowest BCUT2D eigenvalue weighted by atomic mass is 10.0. The summed E-state index contributed by atoms with van der Waals surface area (Å²) in [7, 11) is 2.77. The highest BCUT2D eigenvalue weighted by atomic mass is 35.5. The number of halogens is 5. The number of hydrogen-bond acceptors (Lipinski definition) is 5. The van der Waals surface area contributed by atoms with Crippen LogP contribution in [0, 0.1) is 5.82 Å². The summed E-state index contributed by atoms with van der Waals surface area (Å²) in [5.74, 6) is -0.389. The molecule has 1 unspecified atom stereocenters. The summed E-state index contributed by atoms with van der Waals surface area (Å²) in [5, 5.41) is 2.70. The number of aromatic nitrogens is 2. The van der Waals surface area contributed by atoms with Crippen LogP contribution in [0.4, 0.5) is 23.4 Å². The van der Waals surface area contributed by atoms with Crippen LogP contribution in [0.3, 0.4) is 0 Å². The summed E-state index contributed by atoms with van der Waals surface area (Å²) >= 11 is 5.66. The van der Waals surface area contributed by atoms with Gasteiger partial charge in [-0.05, 0) is 35.4 Å². The highest BCUT2D eigenvalue weighted by molar-refractivity contribution is 6.28. The fraction of sp³-hybridized carbons (Fsp3) is 0.333. The second kappa shape index (κ2) is 7.83. The molecule has 10 heteroatoms. The van der Waals surface area contributed by atoms with Crippen molar-refractivity contribution in [1.29, 1.82) is 0 Å². The van der Waals surface area contributed by atoms with Crippen LogP contribution < -0.4 is 10.1 Å². The van der Waals surface area contributed by atoms with Gasteiger partial charge in [0.15, 0.2) is 11.6 Å². The molecule has 1 atom stereocenters. The standard InChI is InChI=1S/C15H14ClF4N3O2/c1-21-13-11(6-22-14(16)23-13)25-7-12(24-2)9-5-8(17)3-4-10(9)15(18,19)20/h3-6,12H,7H2,1-2H3,(H,21,22,23). The van der Waals surface area contributed by atoms with Gasteiger partial charge in [0, 0.05) is 14.2 Å². The van der Waals surface area contributed by atoms with Gasteiger partial charge < -0.3 is 14.8 Å². The molecule has 0 amide bonds. The molecule has 0 saturated heterocycles. The van der Waals surface area contributed by atoms with Crippen molar-refractivity contribution < 1.29 is 27.0 Å². The molecule has 0 saturated carbocycles. The summed E-state index contributed by atoms with van der Waals surface area (Å²) in [6.45, 7) is -0.317. The number of alkyl halides is 3. The minimum Gasteiger partial charge on any atom is -0.485 e. The van der Waals surface area contributed by atoms with Crippen molar-refractivity contribution in [3.63, 3.8) is 0 Å². The van der Waals surface area contributed by atoms with E-state index >= 15 is 0 Å².